The Morgan fingerprint density at radius 1 is 1.39 bits per heavy atom. The Bertz CT molecular complexity index is 668. The number of nitrogens with zero attached hydrogens (tertiary/aromatic N) is 2. The topological polar surface area (TPSA) is 70.7 Å². The van der Waals surface area contributed by atoms with Crippen LogP contribution in [0.25, 0.3) is 10.7 Å². The number of thiazole rings is 1. The zero-order chi connectivity index (χ0) is 16.4. The van der Waals surface area contributed by atoms with Gasteiger partial charge in [-0.15, -0.1) is 11.3 Å². The molecule has 1 aliphatic carbocycles. The summed E-state index contributed by atoms with van der Waals surface area (Å²) in [4.78, 5) is 23.1. The quantitative estimate of drug-likeness (QED) is 0.897. The van der Waals surface area contributed by atoms with Crippen molar-refractivity contribution < 1.29 is 18.0 Å². The van der Waals surface area contributed by atoms with Crippen molar-refractivity contribution in [1.82, 2.24) is 20.3 Å². The van der Waals surface area contributed by atoms with Crippen LogP contribution in [0.4, 0.5) is 13.2 Å². The van der Waals surface area contributed by atoms with Crippen molar-refractivity contribution in [2.45, 2.75) is 37.9 Å². The third kappa shape index (κ3) is 3.72. The fraction of sp³-hybridized carbons (Fsp3) is 0.500. The Kier molecular flexibility index (Phi) is 4.38. The Balaban J connectivity index is 1.63. The molecule has 1 fully saturated rings. The van der Waals surface area contributed by atoms with E-state index in [2.05, 4.69) is 20.3 Å². The number of hydrogen-bond donors (Lipinski definition) is 2. The molecule has 2 heterocycles. The molecule has 1 saturated carbocycles. The summed E-state index contributed by atoms with van der Waals surface area (Å²) in [6.45, 7) is 0. The second-order valence-electron chi connectivity index (χ2n) is 5.58. The first-order valence-electron chi connectivity index (χ1n) is 7.25. The number of H-pyrrole nitrogens is 1. The summed E-state index contributed by atoms with van der Waals surface area (Å²) < 4.78 is 38.4. The van der Waals surface area contributed by atoms with Crippen LogP contribution in [0.5, 0.6) is 0 Å². The first-order chi connectivity index (χ1) is 10.9. The highest BCUT2D eigenvalue weighted by Crippen LogP contribution is 2.37. The largest absolute Gasteiger partial charge is 0.391 e. The normalized spacial score (nSPS) is 22.0. The Morgan fingerprint density at radius 2 is 2.22 bits per heavy atom. The fourth-order valence-electron chi connectivity index (χ4n) is 2.75. The van der Waals surface area contributed by atoms with Gasteiger partial charge in [-0.2, -0.15) is 13.2 Å². The van der Waals surface area contributed by atoms with Crippen molar-refractivity contribution >= 4 is 17.2 Å². The number of hydrogen-bond acceptors (Lipinski definition) is 4. The van der Waals surface area contributed by atoms with Crippen LogP contribution in [0.3, 0.4) is 0 Å². The van der Waals surface area contributed by atoms with Crippen molar-refractivity contribution in [3.05, 3.63) is 23.6 Å². The van der Waals surface area contributed by atoms with Crippen LogP contribution in [0, 0.1) is 5.92 Å². The lowest BCUT2D eigenvalue weighted by Gasteiger charge is -2.30. The SMILES string of the molecule is O=C(NC1CCCC(C(F)(F)F)C1)c1csc(-c2cnc[nH]2)n1. The van der Waals surface area contributed by atoms with E-state index in [4.69, 9.17) is 0 Å². The number of carbonyl (C=O) groups is 1. The molecule has 9 heteroatoms. The fourth-order valence-corrected chi connectivity index (χ4v) is 3.52. The molecule has 2 N–H and O–H groups in total. The maximum atomic E-state index is 12.8. The van der Waals surface area contributed by atoms with E-state index in [9.17, 15) is 18.0 Å². The summed E-state index contributed by atoms with van der Waals surface area (Å²) in [6, 6.07) is -0.458. The van der Waals surface area contributed by atoms with Gasteiger partial charge in [-0.3, -0.25) is 4.79 Å². The summed E-state index contributed by atoms with van der Waals surface area (Å²) in [5.41, 5.74) is 0.914. The minimum Gasteiger partial charge on any atom is -0.348 e. The Morgan fingerprint density at radius 3 is 2.91 bits per heavy atom. The molecule has 3 rings (SSSR count). The number of aromatic nitrogens is 3. The van der Waals surface area contributed by atoms with Gasteiger partial charge in [0.25, 0.3) is 5.91 Å². The van der Waals surface area contributed by atoms with Crippen molar-refractivity contribution in [2.75, 3.05) is 0 Å². The molecule has 1 aliphatic rings. The zero-order valence-corrected chi connectivity index (χ0v) is 12.9. The predicted octanol–water partition coefficient (Wildman–Crippen LogP) is 3.38. The highest BCUT2D eigenvalue weighted by atomic mass is 32.1. The summed E-state index contributed by atoms with van der Waals surface area (Å²) in [5, 5.41) is 4.88. The van der Waals surface area contributed by atoms with Crippen molar-refractivity contribution in [3.63, 3.8) is 0 Å². The molecule has 2 aromatic rings. The molecule has 0 aromatic carbocycles. The second-order valence-corrected chi connectivity index (χ2v) is 6.44. The molecule has 5 nitrogen and oxygen atoms in total. The standard InChI is InChI=1S/C14H15F3N4OS/c15-14(16,17)8-2-1-3-9(4-8)20-12(22)11-6-23-13(21-11)10-5-18-7-19-10/h5-9H,1-4H2,(H,18,19)(H,20,22). The van der Waals surface area contributed by atoms with E-state index in [-0.39, 0.29) is 18.5 Å². The first kappa shape index (κ1) is 16.0. The minimum atomic E-state index is -4.20. The van der Waals surface area contributed by atoms with Crippen LogP contribution in [0.15, 0.2) is 17.9 Å². The molecule has 1 amide bonds. The van der Waals surface area contributed by atoms with E-state index in [0.29, 0.717) is 23.5 Å². The van der Waals surface area contributed by atoms with E-state index >= 15 is 0 Å². The zero-order valence-electron chi connectivity index (χ0n) is 12.1. The van der Waals surface area contributed by atoms with Gasteiger partial charge in [0.1, 0.15) is 10.7 Å². The number of imidazole rings is 1. The number of carbonyl (C=O) groups excluding carboxylic acids is 1. The smallest absolute Gasteiger partial charge is 0.348 e. The summed E-state index contributed by atoms with van der Waals surface area (Å²) in [6.07, 6.45) is 0.00789. The number of alkyl halides is 3. The maximum Gasteiger partial charge on any atom is 0.391 e. The van der Waals surface area contributed by atoms with E-state index in [1.54, 1.807) is 11.6 Å². The van der Waals surface area contributed by atoms with Gasteiger partial charge in [-0.05, 0) is 19.3 Å². The molecule has 0 spiro atoms. The van der Waals surface area contributed by atoms with Gasteiger partial charge in [0, 0.05) is 11.4 Å². The van der Waals surface area contributed by atoms with Gasteiger partial charge in [-0.25, -0.2) is 9.97 Å². The lowest BCUT2D eigenvalue weighted by Crippen LogP contribution is -2.41. The molecule has 0 aliphatic heterocycles. The average molecular weight is 344 g/mol. The number of rotatable bonds is 3. The van der Waals surface area contributed by atoms with E-state index in [1.807, 2.05) is 0 Å². The molecule has 0 radical (unpaired) electrons. The van der Waals surface area contributed by atoms with Crippen LogP contribution in [-0.4, -0.2) is 33.1 Å². The highest BCUT2D eigenvalue weighted by Gasteiger charge is 2.42. The molecule has 0 saturated heterocycles. The Labute approximate surface area is 134 Å². The third-order valence-corrected chi connectivity index (χ3v) is 4.81. The van der Waals surface area contributed by atoms with Gasteiger partial charge in [0.2, 0.25) is 0 Å². The molecule has 0 bridgehead atoms. The summed E-state index contributed by atoms with van der Waals surface area (Å²) >= 11 is 1.28. The summed E-state index contributed by atoms with van der Waals surface area (Å²) in [5.74, 6) is -1.77. The van der Waals surface area contributed by atoms with Gasteiger partial charge in [-0.1, -0.05) is 6.42 Å². The molecule has 23 heavy (non-hydrogen) atoms. The monoisotopic (exact) mass is 344 g/mol. The molecule has 2 aromatic heterocycles. The molecular weight excluding hydrogens is 329 g/mol. The first-order valence-corrected chi connectivity index (χ1v) is 8.13. The van der Waals surface area contributed by atoms with Crippen LogP contribution >= 0.6 is 11.3 Å². The number of aromatic amines is 1. The second kappa shape index (κ2) is 6.31. The molecule has 2 unspecified atom stereocenters. The van der Waals surface area contributed by atoms with Crippen molar-refractivity contribution in [2.24, 2.45) is 5.92 Å². The predicted molar refractivity (Wildman–Crippen MR) is 79.0 cm³/mol. The summed E-state index contributed by atoms with van der Waals surface area (Å²) in [7, 11) is 0. The minimum absolute atomic E-state index is 0.0627. The third-order valence-electron chi connectivity index (χ3n) is 3.94. The highest BCUT2D eigenvalue weighted by molar-refractivity contribution is 7.13. The number of nitrogens with one attached hydrogen (secondary N) is 2. The lowest BCUT2D eigenvalue weighted by atomic mass is 9.85. The van der Waals surface area contributed by atoms with Crippen molar-refractivity contribution in [1.29, 1.82) is 0 Å². The van der Waals surface area contributed by atoms with Crippen LogP contribution in [-0.2, 0) is 0 Å². The van der Waals surface area contributed by atoms with Crippen LogP contribution < -0.4 is 5.32 Å². The molecule has 2 atom stereocenters. The van der Waals surface area contributed by atoms with Gasteiger partial charge >= 0.3 is 6.18 Å². The van der Waals surface area contributed by atoms with Gasteiger partial charge in [0.15, 0.2) is 0 Å². The van der Waals surface area contributed by atoms with E-state index in [0.717, 1.165) is 0 Å². The van der Waals surface area contributed by atoms with Crippen LogP contribution in [0.1, 0.15) is 36.2 Å². The Hall–Kier alpha value is -1.90. The maximum absolute atomic E-state index is 12.8. The van der Waals surface area contributed by atoms with Gasteiger partial charge in [0.05, 0.1) is 24.1 Å². The average Bonchev–Trinajstić information content (AvgIpc) is 3.18. The molecular formula is C14H15F3N4OS. The van der Waals surface area contributed by atoms with Crippen LogP contribution in [0.2, 0.25) is 0 Å². The number of halogens is 3. The lowest BCUT2D eigenvalue weighted by molar-refractivity contribution is -0.183. The van der Waals surface area contributed by atoms with E-state index < -0.39 is 24.0 Å². The van der Waals surface area contributed by atoms with Gasteiger partial charge < -0.3 is 10.3 Å². The van der Waals surface area contributed by atoms with E-state index in [1.165, 1.54) is 17.7 Å². The molecule has 124 valence electrons. The number of amides is 1. The van der Waals surface area contributed by atoms with Crippen molar-refractivity contribution in [3.8, 4) is 10.7 Å².